The number of fused-ring (bicyclic) bond motifs is 1. The van der Waals surface area contributed by atoms with E-state index in [2.05, 4.69) is 11.9 Å². The van der Waals surface area contributed by atoms with E-state index in [1.54, 1.807) is 0 Å². The molecule has 4 rings (SSSR count). The molecule has 0 saturated carbocycles. The Bertz CT molecular complexity index is 1260. The number of hydrogen-bond acceptors (Lipinski definition) is 7. The second-order valence-electron chi connectivity index (χ2n) is 9.32. The van der Waals surface area contributed by atoms with Crippen molar-refractivity contribution in [3.8, 4) is 5.75 Å². The number of aromatic nitrogens is 2. The van der Waals surface area contributed by atoms with Gasteiger partial charge in [0.1, 0.15) is 30.1 Å². The van der Waals surface area contributed by atoms with Crippen LogP contribution in [-0.2, 0) is 14.3 Å². The van der Waals surface area contributed by atoms with Crippen LogP contribution < -0.4 is 4.74 Å². The first-order chi connectivity index (χ1) is 17.9. The van der Waals surface area contributed by atoms with Gasteiger partial charge in [0.25, 0.3) is 0 Å². The van der Waals surface area contributed by atoms with E-state index in [0.29, 0.717) is 12.2 Å². The Labute approximate surface area is 215 Å². The number of imidazole rings is 1. The molecule has 196 valence electrons. The largest absolute Gasteiger partial charge is 0.488 e. The molecule has 1 aliphatic rings. The first-order valence-electron chi connectivity index (χ1n) is 12.6. The van der Waals surface area contributed by atoms with Gasteiger partial charge in [0, 0.05) is 6.42 Å². The zero-order valence-electron chi connectivity index (χ0n) is 21.1. The maximum Gasteiger partial charge on any atom is 0.381 e. The van der Waals surface area contributed by atoms with Gasteiger partial charge in [-0.1, -0.05) is 62.9 Å². The number of carbonyl (C=O) groups excluding carboxylic acids is 2. The van der Waals surface area contributed by atoms with E-state index in [4.69, 9.17) is 9.47 Å². The minimum Gasteiger partial charge on any atom is -0.488 e. The summed E-state index contributed by atoms with van der Waals surface area (Å²) in [5.41, 5.74) is 0. The molecule has 1 fully saturated rings. The van der Waals surface area contributed by atoms with Crippen molar-refractivity contribution >= 4 is 28.5 Å². The van der Waals surface area contributed by atoms with E-state index in [1.165, 1.54) is 29.1 Å². The number of likely N-dealkylation sites (tertiary alicyclic amines) is 1. The first kappa shape index (κ1) is 26.1. The summed E-state index contributed by atoms with van der Waals surface area (Å²) in [6.07, 6.45) is 6.72. The smallest absolute Gasteiger partial charge is 0.381 e. The zero-order valence-corrected chi connectivity index (χ0v) is 21.1. The molecule has 3 aromatic rings. The number of methoxy groups -OCH3 is 1. The van der Waals surface area contributed by atoms with Crippen LogP contribution in [0.5, 0.6) is 5.75 Å². The summed E-state index contributed by atoms with van der Waals surface area (Å²) in [6, 6.07) is 12.2. The van der Waals surface area contributed by atoms with Crippen molar-refractivity contribution < 1.29 is 24.0 Å². The van der Waals surface area contributed by atoms with E-state index in [-0.39, 0.29) is 24.7 Å². The number of ether oxygens (including phenoxy) is 2. The van der Waals surface area contributed by atoms with Crippen LogP contribution in [0.1, 0.15) is 51.5 Å². The van der Waals surface area contributed by atoms with Crippen molar-refractivity contribution in [2.75, 3.05) is 13.7 Å². The second-order valence-corrected chi connectivity index (χ2v) is 9.32. The van der Waals surface area contributed by atoms with Gasteiger partial charge in [0.15, 0.2) is 0 Å². The highest BCUT2D eigenvalue weighted by Gasteiger charge is 2.44. The van der Waals surface area contributed by atoms with E-state index < -0.39 is 29.1 Å². The third-order valence-corrected chi connectivity index (χ3v) is 6.79. The van der Waals surface area contributed by atoms with Crippen molar-refractivity contribution in [2.24, 2.45) is 0 Å². The SMILES string of the molecule is CCCCCC[C@H](C(=O)N1C[C@@H](Oc2ccc3ccccc3c2)C[C@H]1C(=O)OC)n1cnc([N+](=O)[O-])c1. The lowest BCUT2D eigenvalue weighted by Crippen LogP contribution is -2.44. The molecule has 0 N–H and O–H groups in total. The molecule has 1 saturated heterocycles. The quantitative estimate of drug-likeness (QED) is 0.160. The van der Waals surface area contributed by atoms with Crippen LogP contribution in [0.3, 0.4) is 0 Å². The standard InChI is InChI=1S/C27H32N4O6/c1-3-4-5-6-11-23(29-17-25(28-18-29)31(34)35)26(32)30-16-22(15-24(30)27(33)36-2)37-21-13-12-19-9-7-8-10-20(19)14-21/h7-10,12-14,17-18,22-24H,3-6,11,15-16H2,1-2H3/t22-,23+,24-/m0/s1. The number of benzene rings is 2. The molecule has 10 nitrogen and oxygen atoms in total. The maximum atomic E-state index is 13.8. The lowest BCUT2D eigenvalue weighted by Gasteiger charge is -2.27. The van der Waals surface area contributed by atoms with E-state index in [1.807, 2.05) is 42.5 Å². The fraction of sp³-hybridized carbons (Fsp3) is 0.444. The lowest BCUT2D eigenvalue weighted by molar-refractivity contribution is -0.389. The van der Waals surface area contributed by atoms with Crippen molar-refractivity contribution in [2.45, 2.75) is 63.6 Å². The molecule has 0 unspecified atom stereocenters. The van der Waals surface area contributed by atoms with Gasteiger partial charge in [-0.3, -0.25) is 9.36 Å². The lowest BCUT2D eigenvalue weighted by atomic mass is 10.1. The molecule has 1 aliphatic heterocycles. The molecule has 0 radical (unpaired) electrons. The Hall–Kier alpha value is -3.95. The average molecular weight is 509 g/mol. The Morgan fingerprint density at radius 2 is 1.95 bits per heavy atom. The molecule has 37 heavy (non-hydrogen) atoms. The first-order valence-corrected chi connectivity index (χ1v) is 12.6. The number of rotatable bonds is 11. The minimum absolute atomic E-state index is 0.202. The molecule has 0 bridgehead atoms. The summed E-state index contributed by atoms with van der Waals surface area (Å²) in [4.78, 5) is 42.4. The number of amides is 1. The van der Waals surface area contributed by atoms with Gasteiger partial charge >= 0.3 is 11.8 Å². The highest BCUT2D eigenvalue weighted by molar-refractivity contribution is 5.87. The summed E-state index contributed by atoms with van der Waals surface area (Å²) in [7, 11) is 1.30. The van der Waals surface area contributed by atoms with Crippen LogP contribution in [0, 0.1) is 10.1 Å². The molecule has 0 spiro atoms. The summed E-state index contributed by atoms with van der Waals surface area (Å²) < 4.78 is 12.7. The maximum absolute atomic E-state index is 13.8. The third kappa shape index (κ3) is 6.07. The third-order valence-electron chi connectivity index (χ3n) is 6.79. The van der Waals surface area contributed by atoms with Gasteiger partial charge in [-0.05, 0) is 39.2 Å². The summed E-state index contributed by atoms with van der Waals surface area (Å²) in [5, 5.41) is 13.3. The van der Waals surface area contributed by atoms with Crippen LogP contribution in [0.2, 0.25) is 0 Å². The van der Waals surface area contributed by atoms with Gasteiger partial charge in [-0.25, -0.2) is 4.79 Å². The molecule has 2 aromatic carbocycles. The topological polar surface area (TPSA) is 117 Å². The number of nitro groups is 1. The number of nitrogens with zero attached hydrogens (tertiary/aromatic N) is 4. The van der Waals surface area contributed by atoms with Crippen molar-refractivity contribution in [1.29, 1.82) is 0 Å². The fourth-order valence-electron chi connectivity index (χ4n) is 4.87. The molecule has 3 atom stereocenters. The molecule has 1 amide bonds. The summed E-state index contributed by atoms with van der Waals surface area (Å²) in [5.74, 6) is -0.485. The van der Waals surface area contributed by atoms with Crippen LogP contribution >= 0.6 is 0 Å². The van der Waals surface area contributed by atoms with Crippen molar-refractivity contribution in [3.05, 3.63) is 65.1 Å². The normalized spacial score (nSPS) is 18.1. The Morgan fingerprint density at radius 3 is 2.65 bits per heavy atom. The van der Waals surface area contributed by atoms with E-state index in [0.717, 1.165) is 36.5 Å². The summed E-state index contributed by atoms with van der Waals surface area (Å²) in [6.45, 7) is 2.30. The molecule has 2 heterocycles. The Balaban J connectivity index is 1.55. The monoisotopic (exact) mass is 508 g/mol. The van der Waals surface area contributed by atoms with Gasteiger partial charge in [-0.2, -0.15) is 0 Å². The minimum atomic E-state index is -0.806. The fourth-order valence-corrected chi connectivity index (χ4v) is 4.87. The average Bonchev–Trinajstić information content (AvgIpc) is 3.56. The van der Waals surface area contributed by atoms with E-state index >= 15 is 0 Å². The molecular weight excluding hydrogens is 476 g/mol. The Kier molecular flexibility index (Phi) is 8.37. The molecule has 0 aliphatic carbocycles. The van der Waals surface area contributed by atoms with Gasteiger partial charge in [0.05, 0.1) is 13.7 Å². The zero-order chi connectivity index (χ0) is 26.4. The molecule has 10 heteroatoms. The van der Waals surface area contributed by atoms with Crippen molar-refractivity contribution in [1.82, 2.24) is 14.5 Å². The predicted molar refractivity (Wildman–Crippen MR) is 137 cm³/mol. The number of esters is 1. The Morgan fingerprint density at radius 1 is 1.16 bits per heavy atom. The van der Waals surface area contributed by atoms with Gasteiger partial charge < -0.3 is 24.5 Å². The predicted octanol–water partition coefficient (Wildman–Crippen LogP) is 4.68. The van der Waals surface area contributed by atoms with Crippen molar-refractivity contribution in [3.63, 3.8) is 0 Å². The number of carbonyl (C=O) groups is 2. The van der Waals surface area contributed by atoms with Crippen LogP contribution in [-0.4, -0.2) is 57.1 Å². The highest BCUT2D eigenvalue weighted by atomic mass is 16.6. The molecule has 1 aromatic heterocycles. The highest BCUT2D eigenvalue weighted by Crippen LogP contribution is 2.30. The van der Waals surface area contributed by atoms with Crippen LogP contribution in [0.4, 0.5) is 5.82 Å². The van der Waals surface area contributed by atoms with Crippen LogP contribution in [0.15, 0.2) is 55.0 Å². The number of unbranched alkanes of at least 4 members (excludes halogenated alkanes) is 3. The molecular formula is C27H32N4O6. The van der Waals surface area contributed by atoms with Gasteiger partial charge in [0.2, 0.25) is 12.2 Å². The summed E-state index contributed by atoms with van der Waals surface area (Å²) >= 11 is 0. The number of hydrogen-bond donors (Lipinski definition) is 0. The van der Waals surface area contributed by atoms with Gasteiger partial charge in [-0.15, -0.1) is 0 Å². The van der Waals surface area contributed by atoms with E-state index in [9.17, 15) is 19.7 Å². The second kappa shape index (κ2) is 11.9. The van der Waals surface area contributed by atoms with Crippen LogP contribution in [0.25, 0.3) is 10.8 Å².